The van der Waals surface area contributed by atoms with E-state index in [1.165, 1.54) is 0 Å². The summed E-state index contributed by atoms with van der Waals surface area (Å²) in [6.07, 6.45) is 0. The number of hydrogen-bond donors (Lipinski definition) is 1. The zero-order chi connectivity index (χ0) is 11.0. The molecule has 0 spiro atoms. The fourth-order valence-electron chi connectivity index (χ4n) is 1.60. The lowest BCUT2D eigenvalue weighted by molar-refractivity contribution is 0.825. The van der Waals surface area contributed by atoms with E-state index in [4.69, 9.17) is 5.73 Å². The van der Waals surface area contributed by atoms with Crippen molar-refractivity contribution in [3.63, 3.8) is 0 Å². The Morgan fingerprint density at radius 3 is 2.53 bits per heavy atom. The van der Waals surface area contributed by atoms with Gasteiger partial charge in [0.15, 0.2) is 0 Å². The van der Waals surface area contributed by atoms with Crippen LogP contribution in [-0.2, 0) is 0 Å². The summed E-state index contributed by atoms with van der Waals surface area (Å²) in [4.78, 5) is 4.27. The number of rotatable bonds is 1. The minimum absolute atomic E-state index is 0.739. The maximum absolute atomic E-state index is 5.76. The fraction of sp³-hybridized carbons (Fsp3) is 0.273. The van der Waals surface area contributed by atoms with Crippen LogP contribution < -0.4 is 5.73 Å². The molecule has 1 heterocycles. The van der Waals surface area contributed by atoms with E-state index in [0.29, 0.717) is 0 Å². The highest BCUT2D eigenvalue weighted by Gasteiger charge is 2.07. The lowest BCUT2D eigenvalue weighted by Crippen LogP contribution is -2.02. The average Bonchev–Trinajstić information content (AvgIpc) is 2.50. The summed E-state index contributed by atoms with van der Waals surface area (Å²) in [5.41, 5.74) is 8.63. The molecule has 1 aromatic carbocycles. The molecular weight excluding hydrogens is 188 g/mol. The molecule has 1 aromatic heterocycles. The molecule has 2 N–H and O–H groups in total. The van der Waals surface area contributed by atoms with Gasteiger partial charge in [-0.25, -0.2) is 9.67 Å². The summed E-state index contributed by atoms with van der Waals surface area (Å²) in [6, 6.07) is 5.79. The highest BCUT2D eigenvalue weighted by atomic mass is 15.3. The molecule has 2 aromatic rings. The Bertz CT molecular complexity index is 499. The van der Waals surface area contributed by atoms with Crippen LogP contribution in [0.5, 0.6) is 0 Å². The van der Waals surface area contributed by atoms with Gasteiger partial charge in [-0.05, 0) is 38.5 Å². The van der Waals surface area contributed by atoms with Crippen LogP contribution in [0.3, 0.4) is 0 Å². The van der Waals surface area contributed by atoms with Gasteiger partial charge in [0.05, 0.1) is 5.69 Å². The van der Waals surface area contributed by atoms with Crippen molar-refractivity contribution in [2.45, 2.75) is 20.8 Å². The number of nitrogens with zero attached hydrogens (tertiary/aromatic N) is 3. The van der Waals surface area contributed by atoms with E-state index in [2.05, 4.69) is 10.1 Å². The van der Waals surface area contributed by atoms with Crippen molar-refractivity contribution in [3.05, 3.63) is 35.4 Å². The molecule has 0 saturated carbocycles. The summed E-state index contributed by atoms with van der Waals surface area (Å²) >= 11 is 0. The van der Waals surface area contributed by atoms with Crippen LogP contribution in [0.2, 0.25) is 0 Å². The van der Waals surface area contributed by atoms with Gasteiger partial charge in [-0.3, -0.25) is 0 Å². The number of nitrogens with two attached hydrogens (primary N) is 1. The van der Waals surface area contributed by atoms with Gasteiger partial charge in [-0.2, -0.15) is 5.10 Å². The number of benzene rings is 1. The third-order valence-corrected chi connectivity index (χ3v) is 2.34. The number of anilines is 1. The Kier molecular flexibility index (Phi) is 2.19. The van der Waals surface area contributed by atoms with E-state index in [1.807, 2.05) is 43.7 Å². The van der Waals surface area contributed by atoms with Gasteiger partial charge in [-0.15, -0.1) is 0 Å². The lowest BCUT2D eigenvalue weighted by Gasteiger charge is -2.07. The highest BCUT2D eigenvalue weighted by molar-refractivity contribution is 5.52. The van der Waals surface area contributed by atoms with Gasteiger partial charge in [0, 0.05) is 5.69 Å². The second kappa shape index (κ2) is 3.38. The van der Waals surface area contributed by atoms with Crippen LogP contribution >= 0.6 is 0 Å². The van der Waals surface area contributed by atoms with Crippen LogP contribution in [0.4, 0.5) is 5.69 Å². The van der Waals surface area contributed by atoms with Crippen molar-refractivity contribution in [1.82, 2.24) is 14.8 Å². The third kappa shape index (κ3) is 1.70. The first-order chi connectivity index (χ1) is 7.08. The molecule has 0 aliphatic carbocycles. The second-order valence-corrected chi connectivity index (χ2v) is 3.66. The van der Waals surface area contributed by atoms with Crippen molar-refractivity contribution in [1.29, 1.82) is 0 Å². The topological polar surface area (TPSA) is 56.7 Å². The summed E-state index contributed by atoms with van der Waals surface area (Å²) in [5.74, 6) is 1.65. The molecule has 0 aliphatic heterocycles. The molecule has 78 valence electrons. The Labute approximate surface area is 88.8 Å². The standard InChI is InChI=1S/C11H14N4/c1-7-4-5-10(12)6-11(7)15-9(3)13-8(2)14-15/h4-6H,12H2,1-3H3. The number of aryl methyl sites for hydroxylation is 3. The molecule has 2 rings (SSSR count). The van der Waals surface area contributed by atoms with Gasteiger partial charge in [-0.1, -0.05) is 6.07 Å². The zero-order valence-electron chi connectivity index (χ0n) is 9.15. The highest BCUT2D eigenvalue weighted by Crippen LogP contribution is 2.17. The fourth-order valence-corrected chi connectivity index (χ4v) is 1.60. The molecule has 4 heteroatoms. The summed E-state index contributed by atoms with van der Waals surface area (Å²) < 4.78 is 1.82. The summed E-state index contributed by atoms with van der Waals surface area (Å²) in [5, 5.41) is 4.33. The third-order valence-electron chi connectivity index (χ3n) is 2.34. The van der Waals surface area contributed by atoms with Gasteiger partial charge in [0.25, 0.3) is 0 Å². The van der Waals surface area contributed by atoms with Crippen LogP contribution in [0.1, 0.15) is 17.2 Å². The van der Waals surface area contributed by atoms with Crippen LogP contribution in [0, 0.1) is 20.8 Å². The van der Waals surface area contributed by atoms with Crippen molar-refractivity contribution in [2.75, 3.05) is 5.73 Å². The van der Waals surface area contributed by atoms with Gasteiger partial charge in [0.2, 0.25) is 0 Å². The first-order valence-electron chi connectivity index (χ1n) is 4.84. The van der Waals surface area contributed by atoms with E-state index in [1.54, 1.807) is 0 Å². The molecule has 0 amide bonds. The predicted octanol–water partition coefficient (Wildman–Crippen LogP) is 1.77. The van der Waals surface area contributed by atoms with Crippen LogP contribution in [0.25, 0.3) is 5.69 Å². The van der Waals surface area contributed by atoms with E-state index in [-0.39, 0.29) is 0 Å². The second-order valence-electron chi connectivity index (χ2n) is 3.66. The van der Waals surface area contributed by atoms with Gasteiger partial charge in [0.1, 0.15) is 11.6 Å². The largest absolute Gasteiger partial charge is 0.399 e. The molecule has 0 unspecified atom stereocenters. The Morgan fingerprint density at radius 2 is 1.93 bits per heavy atom. The molecule has 15 heavy (non-hydrogen) atoms. The predicted molar refractivity (Wildman–Crippen MR) is 60.0 cm³/mol. The first-order valence-corrected chi connectivity index (χ1v) is 4.84. The number of nitrogen functional groups attached to an aromatic ring is 1. The minimum atomic E-state index is 0.739. The van der Waals surface area contributed by atoms with Crippen LogP contribution in [-0.4, -0.2) is 14.8 Å². The molecule has 0 bridgehead atoms. The van der Waals surface area contributed by atoms with E-state index < -0.39 is 0 Å². The van der Waals surface area contributed by atoms with Gasteiger partial charge < -0.3 is 5.73 Å². The number of aromatic nitrogens is 3. The molecular formula is C11H14N4. The van der Waals surface area contributed by atoms with Gasteiger partial charge >= 0.3 is 0 Å². The summed E-state index contributed by atoms with van der Waals surface area (Å²) in [7, 11) is 0. The van der Waals surface area contributed by atoms with Crippen LogP contribution in [0.15, 0.2) is 18.2 Å². The smallest absolute Gasteiger partial charge is 0.148 e. The van der Waals surface area contributed by atoms with Crippen molar-refractivity contribution >= 4 is 5.69 Å². The molecule has 0 fully saturated rings. The quantitative estimate of drug-likeness (QED) is 0.717. The molecule has 0 atom stereocenters. The monoisotopic (exact) mass is 202 g/mol. The van der Waals surface area contributed by atoms with Crippen molar-refractivity contribution in [3.8, 4) is 5.69 Å². The Balaban J connectivity index is 2.62. The Morgan fingerprint density at radius 1 is 1.20 bits per heavy atom. The van der Waals surface area contributed by atoms with E-state index >= 15 is 0 Å². The van der Waals surface area contributed by atoms with E-state index in [0.717, 1.165) is 28.6 Å². The summed E-state index contributed by atoms with van der Waals surface area (Å²) in [6.45, 7) is 5.85. The molecule has 0 radical (unpaired) electrons. The maximum atomic E-state index is 5.76. The minimum Gasteiger partial charge on any atom is -0.399 e. The van der Waals surface area contributed by atoms with E-state index in [9.17, 15) is 0 Å². The number of hydrogen-bond acceptors (Lipinski definition) is 3. The zero-order valence-corrected chi connectivity index (χ0v) is 9.15. The maximum Gasteiger partial charge on any atom is 0.148 e. The van der Waals surface area contributed by atoms with Crippen molar-refractivity contribution < 1.29 is 0 Å². The molecule has 0 aliphatic rings. The lowest BCUT2D eigenvalue weighted by atomic mass is 10.2. The molecule has 0 saturated heterocycles. The van der Waals surface area contributed by atoms with Crippen molar-refractivity contribution in [2.24, 2.45) is 0 Å². The molecule has 4 nitrogen and oxygen atoms in total. The Hall–Kier alpha value is -1.84. The SMILES string of the molecule is Cc1nc(C)n(-c2cc(N)ccc2C)n1. The average molecular weight is 202 g/mol. The first kappa shape index (κ1) is 9.71. The normalized spacial score (nSPS) is 10.6.